The number of ketones is 1. The summed E-state index contributed by atoms with van der Waals surface area (Å²) in [5, 5.41) is 0. The summed E-state index contributed by atoms with van der Waals surface area (Å²) in [5.74, 6) is -1.71. The molecule has 4 saturated heterocycles. The zero-order valence-electron chi connectivity index (χ0n) is 63.5. The van der Waals surface area contributed by atoms with E-state index in [2.05, 4.69) is 6.58 Å². The second kappa shape index (κ2) is 42.4. The molecule has 0 saturated carbocycles. The first-order valence-electron chi connectivity index (χ1n) is 38.2. The van der Waals surface area contributed by atoms with Gasteiger partial charge in [-0.05, 0) is 72.2 Å². The van der Waals surface area contributed by atoms with Crippen molar-refractivity contribution >= 4 is 17.7 Å². The summed E-state index contributed by atoms with van der Waals surface area (Å²) >= 11 is 0. The molecule has 4 aliphatic heterocycles. The van der Waals surface area contributed by atoms with Crippen LogP contribution < -0.4 is 0 Å². The molecule has 8 aromatic rings. The second-order valence-corrected chi connectivity index (χ2v) is 28.2. The fraction of sp³-hybridized carbons (Fsp3) is 0.411. The average Bonchev–Trinajstić information content (AvgIpc) is 0.762. The quantitative estimate of drug-likeness (QED) is 0.0258. The van der Waals surface area contributed by atoms with Crippen molar-refractivity contribution in [2.45, 2.75) is 223 Å². The monoisotopic (exact) mass is 1520 g/mol. The first-order chi connectivity index (χ1) is 54.3. The Morgan fingerprint density at radius 3 is 0.982 bits per heavy atom. The number of rotatable bonds is 39. The molecular formula is C90H102O21. The summed E-state index contributed by atoms with van der Waals surface area (Å²) in [5.41, 5.74) is 6.86. The van der Waals surface area contributed by atoms with E-state index in [0.29, 0.717) is 0 Å². The van der Waals surface area contributed by atoms with E-state index in [4.69, 9.17) is 85.3 Å². The number of ether oxygens (including phenoxy) is 18. The van der Waals surface area contributed by atoms with E-state index >= 15 is 4.79 Å². The molecular weight excluding hydrogens is 1420 g/mol. The van der Waals surface area contributed by atoms with Crippen molar-refractivity contribution in [3.63, 3.8) is 0 Å². The number of benzene rings is 8. The van der Waals surface area contributed by atoms with Crippen LogP contribution in [0.4, 0.5) is 0 Å². The normalized spacial score (nSPS) is 28.0. The van der Waals surface area contributed by atoms with Gasteiger partial charge in [-0.25, -0.2) is 0 Å². The fourth-order valence-electron chi connectivity index (χ4n) is 14.1. The van der Waals surface area contributed by atoms with Crippen LogP contribution in [0, 0.1) is 0 Å². The maximum absolute atomic E-state index is 15.1. The van der Waals surface area contributed by atoms with Crippen molar-refractivity contribution < 1.29 is 99.6 Å². The number of hydrogen-bond donors (Lipinski definition) is 0. The standard InChI is InChI=1S/C90H102O21/c1-7-50-95-87-85(106-64(6)92)81(76(62(4)103-87)97-53-67-36-20-10-21-37-67)110-89-84(79(100-56-70-42-26-13-27-43-70)75(61(3)104-89)96-52-66-34-18-9-19-35-66)111-90-86(108-74(93)49-48-60(2)91)82(77(63(5)105-90)98-54-68-38-22-11-23-39-68)109-88-83(102-58-72-46-30-15-31-47-72)80(101-57-71-44-28-14-29-45-71)78(99-55-69-40-24-12-25-41-69)73(107-88)59-94-51-65-32-16-8-17-33-65/h7-47,61-63,73,75-90H,1,48-59H2,2-6H3/t61-,62-,63-,73+,75-,76-,77-,78+,79+,80-,81+,82+,83+,84+,85+,86+,87+,88+,89-,90-/m0/s1. The molecule has 4 fully saturated rings. The van der Waals surface area contributed by atoms with Crippen molar-refractivity contribution in [3.05, 3.63) is 300 Å². The SMILES string of the molecule is C=CCO[C@@H]1O[C@@H](C)[C@H](OCc2ccccc2)[C@@H](O[C@@H]2O[C@@H](C)[C@H](OCc3ccccc3)[C@@H](OCc3ccccc3)[C@H]2O[C@@H]2O[C@@H](C)[C@H](OCc3ccccc3)[C@@H](O[C@H]3O[C@H](COCc4ccccc4)[C@@H](OCc4ccccc4)[C@H](OCc4ccccc4)[C@H]3OCc3ccccc3)[C@H]2OC(=O)CCC(C)=O)[C@H]1OC(C)=O. The Hall–Kier alpha value is -8.53. The van der Waals surface area contributed by atoms with Crippen LogP contribution in [-0.4, -0.2) is 154 Å². The van der Waals surface area contributed by atoms with Crippen molar-refractivity contribution in [2.75, 3.05) is 13.2 Å². The van der Waals surface area contributed by atoms with Gasteiger partial charge < -0.3 is 90.1 Å². The first-order valence-corrected chi connectivity index (χ1v) is 38.2. The van der Waals surface area contributed by atoms with Crippen LogP contribution >= 0.6 is 0 Å². The van der Waals surface area contributed by atoms with Gasteiger partial charge in [0.15, 0.2) is 37.4 Å². The van der Waals surface area contributed by atoms with Gasteiger partial charge in [0.2, 0.25) is 0 Å². The third-order valence-corrected chi connectivity index (χ3v) is 19.7. The lowest BCUT2D eigenvalue weighted by Gasteiger charge is -2.52. The zero-order chi connectivity index (χ0) is 77.1. The van der Waals surface area contributed by atoms with Gasteiger partial charge >= 0.3 is 11.9 Å². The summed E-state index contributed by atoms with van der Waals surface area (Å²) in [7, 11) is 0. The van der Waals surface area contributed by atoms with E-state index in [1.807, 2.05) is 263 Å². The van der Waals surface area contributed by atoms with Crippen molar-refractivity contribution in [2.24, 2.45) is 0 Å². The summed E-state index contributed by atoms with van der Waals surface area (Å²) in [6, 6.07) is 77.7. The van der Waals surface area contributed by atoms with Gasteiger partial charge in [-0.15, -0.1) is 6.58 Å². The molecule has 4 heterocycles. The molecule has 0 bridgehead atoms. The van der Waals surface area contributed by atoms with Gasteiger partial charge in [-0.1, -0.05) is 249 Å². The Morgan fingerprint density at radius 1 is 0.315 bits per heavy atom. The van der Waals surface area contributed by atoms with Crippen LogP contribution in [0.25, 0.3) is 0 Å². The van der Waals surface area contributed by atoms with Crippen LogP contribution in [0.15, 0.2) is 255 Å². The predicted octanol–water partition coefficient (Wildman–Crippen LogP) is 13.8. The molecule has 8 aromatic carbocycles. The van der Waals surface area contributed by atoms with Gasteiger partial charge in [0.05, 0.1) is 90.8 Å². The molecule has 0 aromatic heterocycles. The average molecular weight is 1520 g/mol. The highest BCUT2D eigenvalue weighted by Crippen LogP contribution is 2.41. The van der Waals surface area contributed by atoms with Gasteiger partial charge in [0.25, 0.3) is 0 Å². The molecule has 0 aliphatic carbocycles. The van der Waals surface area contributed by atoms with E-state index in [1.165, 1.54) is 13.8 Å². The lowest BCUT2D eigenvalue weighted by atomic mass is 9.95. The van der Waals surface area contributed by atoms with Crippen molar-refractivity contribution in [1.82, 2.24) is 0 Å². The molecule has 588 valence electrons. The Bertz CT molecular complexity index is 4030. The molecule has 0 spiro atoms. The molecule has 21 heteroatoms. The van der Waals surface area contributed by atoms with Crippen LogP contribution in [0.1, 0.15) is 92.0 Å². The maximum atomic E-state index is 15.1. The Morgan fingerprint density at radius 2 is 0.613 bits per heavy atom. The molecule has 0 radical (unpaired) electrons. The molecule has 12 rings (SSSR count). The lowest BCUT2D eigenvalue weighted by molar-refractivity contribution is -0.402. The van der Waals surface area contributed by atoms with Crippen molar-refractivity contribution in [3.8, 4) is 0 Å². The van der Waals surface area contributed by atoms with Gasteiger partial charge in [-0.2, -0.15) is 0 Å². The number of carbonyl (C=O) groups is 3. The van der Waals surface area contributed by atoms with E-state index in [0.717, 1.165) is 44.5 Å². The first kappa shape index (κ1) is 81.9. The highest BCUT2D eigenvalue weighted by molar-refractivity contribution is 5.81. The molecule has 20 atom stereocenters. The highest BCUT2D eigenvalue weighted by Gasteiger charge is 2.59. The minimum Gasteiger partial charge on any atom is -0.454 e. The number of Topliss-reactive ketones (excluding diaryl/α,β-unsaturated/α-hetero) is 1. The summed E-state index contributed by atoms with van der Waals surface area (Å²) in [6.45, 7) is 12.8. The molecule has 0 amide bonds. The third-order valence-electron chi connectivity index (χ3n) is 19.7. The molecule has 4 aliphatic rings. The van der Waals surface area contributed by atoms with Crippen molar-refractivity contribution in [1.29, 1.82) is 0 Å². The lowest BCUT2D eigenvalue weighted by Crippen LogP contribution is -2.68. The van der Waals surface area contributed by atoms with Crippen LogP contribution in [0.3, 0.4) is 0 Å². The number of hydrogen-bond acceptors (Lipinski definition) is 21. The molecule has 111 heavy (non-hydrogen) atoms. The predicted molar refractivity (Wildman–Crippen MR) is 409 cm³/mol. The topological polar surface area (TPSA) is 217 Å². The zero-order valence-corrected chi connectivity index (χ0v) is 63.5. The summed E-state index contributed by atoms with van der Waals surface area (Å²) < 4.78 is 127. The Kier molecular flexibility index (Phi) is 31.3. The molecule has 0 unspecified atom stereocenters. The van der Waals surface area contributed by atoms with E-state index in [9.17, 15) is 9.59 Å². The molecule has 21 nitrogen and oxygen atoms in total. The van der Waals surface area contributed by atoms with E-state index < -0.39 is 135 Å². The fourth-order valence-corrected chi connectivity index (χ4v) is 14.1. The molecule has 0 N–H and O–H groups in total. The van der Waals surface area contributed by atoms with Gasteiger partial charge in [-0.3, -0.25) is 9.59 Å². The smallest absolute Gasteiger partial charge is 0.306 e. The van der Waals surface area contributed by atoms with Crippen LogP contribution in [0.5, 0.6) is 0 Å². The van der Waals surface area contributed by atoms with E-state index in [-0.39, 0.29) is 84.7 Å². The highest BCUT2D eigenvalue weighted by atomic mass is 16.8. The minimum atomic E-state index is -1.66. The largest absolute Gasteiger partial charge is 0.454 e. The van der Waals surface area contributed by atoms with E-state index in [1.54, 1.807) is 6.08 Å². The minimum absolute atomic E-state index is 0.0113. The summed E-state index contributed by atoms with van der Waals surface area (Å²) in [4.78, 5) is 41.6. The Balaban J connectivity index is 1.00. The van der Waals surface area contributed by atoms with Gasteiger partial charge in [0.1, 0.15) is 72.9 Å². The maximum Gasteiger partial charge on any atom is 0.306 e. The second-order valence-electron chi connectivity index (χ2n) is 28.2. The van der Waals surface area contributed by atoms with Gasteiger partial charge in [0, 0.05) is 13.3 Å². The summed E-state index contributed by atoms with van der Waals surface area (Å²) in [6.07, 6.45) is -22.6. The Labute approximate surface area is 650 Å². The number of carbonyl (C=O) groups excluding carboxylic acids is 3. The number of esters is 2. The van der Waals surface area contributed by atoms with Crippen LogP contribution in [-0.2, 0) is 153 Å². The third kappa shape index (κ3) is 23.8. The van der Waals surface area contributed by atoms with Crippen LogP contribution in [0.2, 0.25) is 0 Å².